The molecule has 2 rings (SSSR count). The lowest BCUT2D eigenvalue weighted by Gasteiger charge is -2.43. The average molecular weight is 166 g/mol. The van der Waals surface area contributed by atoms with Gasteiger partial charge in [0.05, 0.1) is 26.2 Å². The van der Waals surface area contributed by atoms with E-state index in [2.05, 4.69) is 26.0 Å². The summed E-state index contributed by atoms with van der Waals surface area (Å²) >= 11 is 0. The highest BCUT2D eigenvalue weighted by Crippen LogP contribution is 2.29. The van der Waals surface area contributed by atoms with Crippen LogP contribution in [-0.4, -0.2) is 30.7 Å². The van der Waals surface area contributed by atoms with E-state index < -0.39 is 0 Å². The van der Waals surface area contributed by atoms with Gasteiger partial charge in [-0.3, -0.25) is 0 Å². The molecule has 1 nitrogen and oxygen atoms in total. The topological polar surface area (TPSA) is 0 Å². The molecule has 1 heteroatoms. The van der Waals surface area contributed by atoms with E-state index in [0.717, 1.165) is 11.8 Å². The summed E-state index contributed by atoms with van der Waals surface area (Å²) in [7, 11) is 0. The van der Waals surface area contributed by atoms with E-state index in [1.54, 1.807) is 0 Å². The lowest BCUT2D eigenvalue weighted by Crippen LogP contribution is -2.54. The van der Waals surface area contributed by atoms with Crippen LogP contribution in [0.25, 0.3) is 0 Å². The first-order chi connectivity index (χ1) is 5.70. The molecule has 1 saturated heterocycles. The molecule has 68 valence electrons. The highest BCUT2D eigenvalue weighted by Gasteiger charge is 2.36. The van der Waals surface area contributed by atoms with Crippen molar-refractivity contribution in [1.82, 2.24) is 0 Å². The molecule has 1 spiro atoms. The molecule has 12 heavy (non-hydrogen) atoms. The molecule has 2 aliphatic heterocycles. The summed E-state index contributed by atoms with van der Waals surface area (Å²) in [5, 5.41) is 0. The number of hydrogen-bond acceptors (Lipinski definition) is 0. The summed E-state index contributed by atoms with van der Waals surface area (Å²) in [5.41, 5.74) is 0. The molecule has 2 atom stereocenters. The third-order valence-electron chi connectivity index (χ3n) is 3.35. The number of nitrogens with zero attached hydrogens (tertiary/aromatic N) is 1. The zero-order valence-corrected chi connectivity index (χ0v) is 8.29. The summed E-state index contributed by atoms with van der Waals surface area (Å²) in [6, 6.07) is 0. The Morgan fingerprint density at radius 2 is 1.50 bits per heavy atom. The van der Waals surface area contributed by atoms with Crippen molar-refractivity contribution in [2.75, 3.05) is 26.2 Å². The highest BCUT2D eigenvalue weighted by atomic mass is 15.4. The van der Waals surface area contributed by atoms with Gasteiger partial charge in [-0.05, 0) is 18.6 Å². The van der Waals surface area contributed by atoms with Crippen molar-refractivity contribution >= 4 is 0 Å². The normalized spacial score (nSPS) is 39.2. The predicted octanol–water partition coefficient (Wildman–Crippen LogP) is 2.05. The van der Waals surface area contributed by atoms with Gasteiger partial charge in [-0.2, -0.15) is 0 Å². The van der Waals surface area contributed by atoms with Crippen LogP contribution in [0, 0.1) is 11.8 Å². The van der Waals surface area contributed by atoms with E-state index in [4.69, 9.17) is 0 Å². The van der Waals surface area contributed by atoms with Crippen molar-refractivity contribution in [3.05, 3.63) is 12.2 Å². The fourth-order valence-electron chi connectivity index (χ4n) is 3.20. The Balaban J connectivity index is 2.06. The second kappa shape index (κ2) is 2.88. The maximum absolute atomic E-state index is 2.41. The van der Waals surface area contributed by atoms with Crippen LogP contribution >= 0.6 is 0 Å². The van der Waals surface area contributed by atoms with Gasteiger partial charge in [-0.25, -0.2) is 0 Å². The number of piperidine rings is 1. The Hall–Kier alpha value is -0.300. The molecule has 2 heterocycles. The Kier molecular flexibility index (Phi) is 1.99. The first-order valence-corrected chi connectivity index (χ1v) is 5.20. The fourth-order valence-corrected chi connectivity index (χ4v) is 3.20. The maximum Gasteiger partial charge on any atom is 0.0978 e. The second-order valence-electron chi connectivity index (χ2n) is 4.99. The molecule has 1 fully saturated rings. The quantitative estimate of drug-likeness (QED) is 0.381. The predicted molar refractivity (Wildman–Crippen MR) is 51.8 cm³/mol. The van der Waals surface area contributed by atoms with Gasteiger partial charge in [-0.1, -0.05) is 13.8 Å². The summed E-state index contributed by atoms with van der Waals surface area (Å²) < 4.78 is 1.36. The van der Waals surface area contributed by atoms with Gasteiger partial charge in [0.1, 0.15) is 0 Å². The lowest BCUT2D eigenvalue weighted by atomic mass is 9.90. The Morgan fingerprint density at radius 3 is 2.00 bits per heavy atom. The molecular formula is C11H20N+. The van der Waals surface area contributed by atoms with Gasteiger partial charge in [0, 0.05) is 11.8 Å². The van der Waals surface area contributed by atoms with Gasteiger partial charge in [0.25, 0.3) is 0 Å². The molecule has 0 amide bonds. The third kappa shape index (κ3) is 1.42. The van der Waals surface area contributed by atoms with Crippen LogP contribution in [0.1, 0.15) is 20.3 Å². The van der Waals surface area contributed by atoms with Crippen molar-refractivity contribution in [1.29, 1.82) is 0 Å². The molecule has 2 aliphatic rings. The first-order valence-electron chi connectivity index (χ1n) is 5.20. The van der Waals surface area contributed by atoms with Crippen LogP contribution in [0.3, 0.4) is 0 Å². The smallest absolute Gasteiger partial charge is 0.0978 e. The lowest BCUT2D eigenvalue weighted by molar-refractivity contribution is -0.924. The van der Waals surface area contributed by atoms with Crippen molar-refractivity contribution in [3.63, 3.8) is 0 Å². The van der Waals surface area contributed by atoms with E-state index in [9.17, 15) is 0 Å². The largest absolute Gasteiger partial charge is 0.317 e. The minimum atomic E-state index is 0.939. The minimum Gasteiger partial charge on any atom is -0.317 e. The molecule has 0 aromatic carbocycles. The van der Waals surface area contributed by atoms with E-state index in [0.29, 0.717) is 0 Å². The van der Waals surface area contributed by atoms with Crippen molar-refractivity contribution in [2.45, 2.75) is 20.3 Å². The standard InChI is InChI=1S/C11H20N/c1-10-7-11(2)9-12(8-10)5-3-4-6-12/h3-4,10-11H,5-9H2,1-2H3/q+1. The summed E-state index contributed by atoms with van der Waals surface area (Å²) in [5.74, 6) is 1.88. The van der Waals surface area contributed by atoms with Gasteiger partial charge in [0.15, 0.2) is 0 Å². The molecule has 0 saturated carbocycles. The molecule has 0 aromatic heterocycles. The van der Waals surface area contributed by atoms with Crippen LogP contribution in [-0.2, 0) is 0 Å². The molecule has 0 aliphatic carbocycles. The fraction of sp³-hybridized carbons (Fsp3) is 0.818. The van der Waals surface area contributed by atoms with Gasteiger partial charge in [0.2, 0.25) is 0 Å². The molecule has 0 aromatic rings. The molecule has 2 unspecified atom stereocenters. The SMILES string of the molecule is CC1CC(C)C[N+]2(CC=CC2)C1. The van der Waals surface area contributed by atoms with E-state index >= 15 is 0 Å². The Bertz CT molecular complexity index is 175. The number of hydrogen-bond donors (Lipinski definition) is 0. The highest BCUT2D eigenvalue weighted by molar-refractivity contribution is 4.90. The summed E-state index contributed by atoms with van der Waals surface area (Å²) in [6.45, 7) is 10.2. The Labute approximate surface area is 75.7 Å². The molecule has 0 bridgehead atoms. The molecular weight excluding hydrogens is 146 g/mol. The van der Waals surface area contributed by atoms with Crippen LogP contribution < -0.4 is 0 Å². The van der Waals surface area contributed by atoms with Crippen LogP contribution in [0.15, 0.2) is 12.2 Å². The zero-order chi connectivity index (χ0) is 8.60. The third-order valence-corrected chi connectivity index (χ3v) is 3.35. The summed E-state index contributed by atoms with van der Waals surface area (Å²) in [6.07, 6.45) is 6.18. The number of rotatable bonds is 0. The van der Waals surface area contributed by atoms with Crippen LogP contribution in [0.2, 0.25) is 0 Å². The van der Waals surface area contributed by atoms with E-state index in [1.165, 1.54) is 37.1 Å². The maximum atomic E-state index is 2.41. The van der Waals surface area contributed by atoms with Gasteiger partial charge in [-0.15, -0.1) is 0 Å². The van der Waals surface area contributed by atoms with Gasteiger partial charge < -0.3 is 4.48 Å². The zero-order valence-electron chi connectivity index (χ0n) is 8.29. The van der Waals surface area contributed by atoms with E-state index in [-0.39, 0.29) is 0 Å². The summed E-state index contributed by atoms with van der Waals surface area (Å²) in [4.78, 5) is 0. The second-order valence-corrected chi connectivity index (χ2v) is 4.99. The van der Waals surface area contributed by atoms with E-state index in [1.807, 2.05) is 0 Å². The van der Waals surface area contributed by atoms with Crippen molar-refractivity contribution < 1.29 is 4.48 Å². The number of quaternary nitrogens is 1. The first kappa shape index (κ1) is 8.31. The Morgan fingerprint density at radius 1 is 1.00 bits per heavy atom. The monoisotopic (exact) mass is 166 g/mol. The average Bonchev–Trinajstić information content (AvgIpc) is 2.33. The van der Waals surface area contributed by atoms with Crippen molar-refractivity contribution in [2.24, 2.45) is 11.8 Å². The van der Waals surface area contributed by atoms with Crippen LogP contribution in [0.5, 0.6) is 0 Å². The molecule has 0 N–H and O–H groups in total. The minimum absolute atomic E-state index is 0.939. The van der Waals surface area contributed by atoms with Crippen molar-refractivity contribution in [3.8, 4) is 0 Å². The molecule has 0 radical (unpaired) electrons. The van der Waals surface area contributed by atoms with Gasteiger partial charge >= 0.3 is 0 Å². The van der Waals surface area contributed by atoms with Crippen LogP contribution in [0.4, 0.5) is 0 Å².